The van der Waals surface area contributed by atoms with Crippen molar-refractivity contribution in [2.45, 2.75) is 39.2 Å². The highest BCUT2D eigenvalue weighted by atomic mass is 16.3. The molecule has 1 atom stereocenters. The zero-order chi connectivity index (χ0) is 14.4. The number of aliphatic hydroxyl groups is 1. The van der Waals surface area contributed by atoms with Crippen LogP contribution in [0.4, 0.5) is 5.69 Å². The van der Waals surface area contributed by atoms with E-state index in [0.29, 0.717) is 18.6 Å². The van der Waals surface area contributed by atoms with Gasteiger partial charge in [-0.25, -0.2) is 0 Å². The van der Waals surface area contributed by atoms with Crippen LogP contribution in [-0.4, -0.2) is 31.3 Å². The van der Waals surface area contributed by atoms with Gasteiger partial charge in [-0.3, -0.25) is 0 Å². The van der Waals surface area contributed by atoms with Crippen LogP contribution in [0.5, 0.6) is 0 Å². The number of nitrogens with zero attached hydrogens (tertiary/aromatic N) is 1. The molecule has 1 aromatic rings. The minimum absolute atomic E-state index is 0.341. The van der Waals surface area contributed by atoms with Crippen molar-refractivity contribution >= 4 is 5.69 Å². The van der Waals surface area contributed by atoms with Crippen molar-refractivity contribution in [3.8, 4) is 0 Å². The van der Waals surface area contributed by atoms with Crippen LogP contribution in [0, 0.1) is 5.92 Å². The maximum absolute atomic E-state index is 9.19. The van der Waals surface area contributed by atoms with Gasteiger partial charge in [-0.05, 0) is 56.3 Å². The summed E-state index contributed by atoms with van der Waals surface area (Å²) in [6, 6.07) is 9.36. The second-order valence-corrected chi connectivity index (χ2v) is 5.88. The van der Waals surface area contributed by atoms with E-state index in [1.54, 1.807) is 0 Å². The molecule has 0 bridgehead atoms. The number of benzene rings is 1. The molecule has 0 radical (unpaired) electrons. The van der Waals surface area contributed by atoms with Gasteiger partial charge in [0.25, 0.3) is 0 Å². The number of nitrogens with one attached hydrogen (secondary N) is 1. The molecular weight excluding hydrogens is 248 g/mol. The second-order valence-electron chi connectivity index (χ2n) is 5.88. The van der Waals surface area contributed by atoms with Crippen molar-refractivity contribution in [1.82, 2.24) is 5.32 Å². The Hall–Kier alpha value is -1.06. The molecule has 2 N–H and O–H groups in total. The van der Waals surface area contributed by atoms with Crippen LogP contribution in [0.15, 0.2) is 24.3 Å². The Morgan fingerprint density at radius 3 is 2.45 bits per heavy atom. The maximum Gasteiger partial charge on any atom is 0.0460 e. The summed E-state index contributed by atoms with van der Waals surface area (Å²) in [5, 5.41) is 12.7. The molecule has 112 valence electrons. The summed E-state index contributed by atoms with van der Waals surface area (Å²) < 4.78 is 0. The molecular formula is C17H28N2O. The van der Waals surface area contributed by atoms with Gasteiger partial charge in [-0.15, -0.1) is 0 Å². The van der Waals surface area contributed by atoms with Crippen LogP contribution < -0.4 is 10.2 Å². The third-order valence-electron chi connectivity index (χ3n) is 4.33. The average molecular weight is 276 g/mol. The third-order valence-corrected chi connectivity index (χ3v) is 4.33. The van der Waals surface area contributed by atoms with Gasteiger partial charge < -0.3 is 15.3 Å². The summed E-state index contributed by atoms with van der Waals surface area (Å²) in [5.41, 5.74) is 2.67. The van der Waals surface area contributed by atoms with Gasteiger partial charge in [-0.1, -0.05) is 19.1 Å². The highest BCUT2D eigenvalue weighted by molar-refractivity contribution is 5.48. The second kappa shape index (κ2) is 7.65. The van der Waals surface area contributed by atoms with Gasteiger partial charge in [0.05, 0.1) is 0 Å². The van der Waals surface area contributed by atoms with Gasteiger partial charge in [-0.2, -0.15) is 0 Å². The first-order valence-electron chi connectivity index (χ1n) is 7.93. The Morgan fingerprint density at radius 1 is 1.25 bits per heavy atom. The Balaban J connectivity index is 1.91. The van der Waals surface area contributed by atoms with E-state index in [9.17, 15) is 5.11 Å². The van der Waals surface area contributed by atoms with Gasteiger partial charge in [0, 0.05) is 31.4 Å². The lowest BCUT2D eigenvalue weighted by molar-refractivity contribution is 0.203. The Morgan fingerprint density at radius 2 is 1.90 bits per heavy atom. The fourth-order valence-electron chi connectivity index (χ4n) is 2.83. The van der Waals surface area contributed by atoms with Crippen LogP contribution in [0.25, 0.3) is 0 Å². The zero-order valence-corrected chi connectivity index (χ0v) is 12.8. The van der Waals surface area contributed by atoms with Crippen molar-refractivity contribution in [1.29, 1.82) is 0 Å². The molecule has 20 heavy (non-hydrogen) atoms. The van der Waals surface area contributed by atoms with Crippen LogP contribution in [0.2, 0.25) is 0 Å². The minimum atomic E-state index is 0.341. The van der Waals surface area contributed by atoms with E-state index in [4.69, 9.17) is 0 Å². The SMILES string of the molecule is CCCNC(C)c1ccc(N2CCC(CO)CC2)cc1. The first-order chi connectivity index (χ1) is 9.74. The normalized spacial score (nSPS) is 18.2. The average Bonchev–Trinajstić information content (AvgIpc) is 2.53. The van der Waals surface area contributed by atoms with E-state index in [1.807, 2.05) is 0 Å². The van der Waals surface area contributed by atoms with Crippen LogP contribution in [0.3, 0.4) is 0 Å². The third kappa shape index (κ3) is 3.97. The number of aliphatic hydroxyl groups excluding tert-OH is 1. The van der Waals surface area contributed by atoms with E-state index >= 15 is 0 Å². The van der Waals surface area contributed by atoms with Crippen molar-refractivity contribution in [2.75, 3.05) is 31.1 Å². The van der Waals surface area contributed by atoms with E-state index in [1.165, 1.54) is 17.7 Å². The summed E-state index contributed by atoms with van der Waals surface area (Å²) >= 11 is 0. The van der Waals surface area contributed by atoms with Gasteiger partial charge >= 0.3 is 0 Å². The molecule has 0 spiro atoms. The first-order valence-corrected chi connectivity index (χ1v) is 7.93. The smallest absolute Gasteiger partial charge is 0.0460 e. The molecule has 1 aromatic carbocycles. The quantitative estimate of drug-likeness (QED) is 0.838. The van der Waals surface area contributed by atoms with Crippen molar-refractivity contribution in [3.63, 3.8) is 0 Å². The lowest BCUT2D eigenvalue weighted by Crippen LogP contribution is -2.34. The predicted molar refractivity (Wildman–Crippen MR) is 85.2 cm³/mol. The molecule has 1 aliphatic rings. The number of piperidine rings is 1. The number of hydrogen-bond acceptors (Lipinski definition) is 3. The predicted octanol–water partition coefficient (Wildman–Crippen LogP) is 2.96. The van der Waals surface area contributed by atoms with E-state index in [2.05, 4.69) is 48.3 Å². The summed E-state index contributed by atoms with van der Waals surface area (Å²) in [4.78, 5) is 2.43. The van der Waals surface area contributed by atoms with E-state index < -0.39 is 0 Å². The lowest BCUT2D eigenvalue weighted by atomic mass is 9.97. The zero-order valence-electron chi connectivity index (χ0n) is 12.8. The molecule has 0 amide bonds. The molecule has 1 heterocycles. The van der Waals surface area contributed by atoms with Crippen molar-refractivity contribution in [2.24, 2.45) is 5.92 Å². The fourth-order valence-corrected chi connectivity index (χ4v) is 2.83. The Kier molecular flexibility index (Phi) is 5.86. The van der Waals surface area contributed by atoms with Crippen LogP contribution in [0.1, 0.15) is 44.7 Å². The van der Waals surface area contributed by atoms with Crippen molar-refractivity contribution < 1.29 is 5.11 Å². The molecule has 3 heteroatoms. The number of hydrogen-bond donors (Lipinski definition) is 2. The standard InChI is InChI=1S/C17H28N2O/c1-3-10-18-14(2)16-4-6-17(7-5-16)19-11-8-15(13-20)9-12-19/h4-7,14-15,18,20H,3,8-13H2,1-2H3. The molecule has 0 aliphatic carbocycles. The molecule has 1 saturated heterocycles. The molecule has 1 unspecified atom stereocenters. The minimum Gasteiger partial charge on any atom is -0.396 e. The summed E-state index contributed by atoms with van der Waals surface area (Å²) in [7, 11) is 0. The van der Waals surface area contributed by atoms with Crippen LogP contribution >= 0.6 is 0 Å². The molecule has 1 fully saturated rings. The lowest BCUT2D eigenvalue weighted by Gasteiger charge is -2.33. The largest absolute Gasteiger partial charge is 0.396 e. The summed E-state index contributed by atoms with van der Waals surface area (Å²) in [6.07, 6.45) is 3.38. The summed E-state index contributed by atoms with van der Waals surface area (Å²) in [5.74, 6) is 0.504. The number of rotatable bonds is 6. The fraction of sp³-hybridized carbons (Fsp3) is 0.647. The molecule has 3 nitrogen and oxygen atoms in total. The number of anilines is 1. The molecule has 1 aliphatic heterocycles. The first kappa shape index (κ1) is 15.3. The topological polar surface area (TPSA) is 35.5 Å². The highest BCUT2D eigenvalue weighted by Gasteiger charge is 2.18. The van der Waals surface area contributed by atoms with E-state index in [0.717, 1.165) is 32.5 Å². The van der Waals surface area contributed by atoms with Gasteiger partial charge in [0.1, 0.15) is 0 Å². The maximum atomic E-state index is 9.19. The summed E-state index contributed by atoms with van der Waals surface area (Å²) in [6.45, 7) is 7.95. The van der Waals surface area contributed by atoms with E-state index in [-0.39, 0.29) is 0 Å². The van der Waals surface area contributed by atoms with Crippen molar-refractivity contribution in [3.05, 3.63) is 29.8 Å². The Bertz CT molecular complexity index is 382. The van der Waals surface area contributed by atoms with Gasteiger partial charge in [0.2, 0.25) is 0 Å². The molecule has 0 aromatic heterocycles. The molecule has 2 rings (SSSR count). The van der Waals surface area contributed by atoms with Crippen LogP contribution in [-0.2, 0) is 0 Å². The van der Waals surface area contributed by atoms with Gasteiger partial charge in [0.15, 0.2) is 0 Å². The highest BCUT2D eigenvalue weighted by Crippen LogP contribution is 2.24. The Labute approximate surface area is 123 Å². The monoisotopic (exact) mass is 276 g/mol. The molecule has 0 saturated carbocycles.